The van der Waals surface area contributed by atoms with Gasteiger partial charge in [0.1, 0.15) is 5.76 Å². The Kier molecular flexibility index (Phi) is 7.46. The van der Waals surface area contributed by atoms with Crippen LogP contribution in [0.2, 0.25) is 0 Å². The largest absolute Gasteiger partial charge is 0.467 e. The summed E-state index contributed by atoms with van der Waals surface area (Å²) in [4.78, 5) is 41.5. The lowest BCUT2D eigenvalue weighted by Crippen LogP contribution is -2.54. The number of amides is 5. The van der Waals surface area contributed by atoms with Crippen molar-refractivity contribution in [3.63, 3.8) is 0 Å². The number of carbonyl (C=O) groups is 3. The Balaban J connectivity index is 1.67. The Bertz CT molecular complexity index is 592. The third-order valence-corrected chi connectivity index (χ3v) is 4.30. The van der Waals surface area contributed by atoms with Gasteiger partial charge in [0.05, 0.1) is 19.4 Å². The fourth-order valence-electron chi connectivity index (χ4n) is 2.79. The average molecular weight is 365 g/mol. The minimum atomic E-state index is -0.554. The number of nitrogens with one attached hydrogen (secondary N) is 2. The second-order valence-corrected chi connectivity index (χ2v) is 6.03. The van der Waals surface area contributed by atoms with E-state index in [-0.39, 0.29) is 25.0 Å². The predicted molar refractivity (Wildman–Crippen MR) is 95.4 cm³/mol. The first-order valence-electron chi connectivity index (χ1n) is 8.89. The van der Waals surface area contributed by atoms with Crippen molar-refractivity contribution in [1.82, 2.24) is 25.3 Å². The van der Waals surface area contributed by atoms with Crippen LogP contribution in [0.5, 0.6) is 0 Å². The van der Waals surface area contributed by atoms with E-state index in [0.717, 1.165) is 0 Å². The lowest BCUT2D eigenvalue weighted by molar-refractivity contribution is -0.121. The Labute approximate surface area is 153 Å². The molecule has 1 aromatic rings. The zero-order chi connectivity index (χ0) is 18.9. The van der Waals surface area contributed by atoms with Gasteiger partial charge in [-0.2, -0.15) is 0 Å². The fraction of sp³-hybridized carbons (Fsp3) is 0.588. The third kappa shape index (κ3) is 5.76. The molecule has 5 amide bonds. The van der Waals surface area contributed by atoms with E-state index in [1.165, 1.54) is 6.26 Å². The van der Waals surface area contributed by atoms with E-state index in [0.29, 0.717) is 45.0 Å². The topological polar surface area (TPSA) is 98.1 Å². The van der Waals surface area contributed by atoms with Crippen LogP contribution < -0.4 is 10.6 Å². The van der Waals surface area contributed by atoms with Crippen LogP contribution in [-0.2, 0) is 11.3 Å². The summed E-state index contributed by atoms with van der Waals surface area (Å²) in [6.45, 7) is 8.00. The molecule has 1 aliphatic rings. The SMILES string of the molecule is CCN(CC)C(=O)N1CCN(CC(=O)NC(=O)NCc2ccco2)CC1. The lowest BCUT2D eigenvalue weighted by Gasteiger charge is -2.36. The molecule has 9 nitrogen and oxygen atoms in total. The van der Waals surface area contributed by atoms with Gasteiger partial charge >= 0.3 is 12.1 Å². The van der Waals surface area contributed by atoms with Crippen molar-refractivity contribution in [3.05, 3.63) is 24.2 Å². The summed E-state index contributed by atoms with van der Waals surface area (Å²) in [7, 11) is 0. The van der Waals surface area contributed by atoms with E-state index in [2.05, 4.69) is 10.6 Å². The number of rotatable bonds is 6. The van der Waals surface area contributed by atoms with Gasteiger partial charge in [0.2, 0.25) is 5.91 Å². The number of hydrogen-bond acceptors (Lipinski definition) is 5. The van der Waals surface area contributed by atoms with Crippen LogP contribution in [0.25, 0.3) is 0 Å². The summed E-state index contributed by atoms with van der Waals surface area (Å²) in [6.07, 6.45) is 1.52. The van der Waals surface area contributed by atoms with Crippen LogP contribution in [0, 0.1) is 0 Å². The molecule has 0 atom stereocenters. The van der Waals surface area contributed by atoms with E-state index in [1.54, 1.807) is 21.9 Å². The molecule has 1 saturated heterocycles. The van der Waals surface area contributed by atoms with Gasteiger partial charge in [-0.25, -0.2) is 9.59 Å². The minimum Gasteiger partial charge on any atom is -0.467 e. The van der Waals surface area contributed by atoms with E-state index in [4.69, 9.17) is 4.42 Å². The predicted octanol–water partition coefficient (Wildman–Crippen LogP) is 0.685. The molecule has 0 aliphatic carbocycles. The van der Waals surface area contributed by atoms with E-state index in [9.17, 15) is 14.4 Å². The molecule has 144 valence electrons. The Hall–Kier alpha value is -2.55. The highest BCUT2D eigenvalue weighted by molar-refractivity contribution is 5.95. The van der Waals surface area contributed by atoms with Crippen molar-refractivity contribution < 1.29 is 18.8 Å². The van der Waals surface area contributed by atoms with Gasteiger partial charge < -0.3 is 19.5 Å². The summed E-state index contributed by atoms with van der Waals surface area (Å²) < 4.78 is 5.10. The van der Waals surface area contributed by atoms with Gasteiger partial charge in [-0.15, -0.1) is 0 Å². The smallest absolute Gasteiger partial charge is 0.321 e. The number of piperazine rings is 1. The van der Waals surface area contributed by atoms with Crippen LogP contribution in [0.1, 0.15) is 19.6 Å². The highest BCUT2D eigenvalue weighted by Gasteiger charge is 2.25. The molecule has 0 bridgehead atoms. The Morgan fingerprint density at radius 1 is 1.15 bits per heavy atom. The molecule has 1 fully saturated rings. The van der Waals surface area contributed by atoms with Gasteiger partial charge in [0, 0.05) is 39.3 Å². The molecule has 1 aliphatic heterocycles. The first kappa shape index (κ1) is 19.8. The summed E-state index contributed by atoms with van der Waals surface area (Å²) in [6, 6.07) is 2.95. The number of hydrogen-bond donors (Lipinski definition) is 2. The quantitative estimate of drug-likeness (QED) is 0.773. The highest BCUT2D eigenvalue weighted by Crippen LogP contribution is 2.05. The second kappa shape index (κ2) is 9.81. The highest BCUT2D eigenvalue weighted by atomic mass is 16.3. The number of imide groups is 1. The molecule has 0 saturated carbocycles. The molecule has 0 aromatic carbocycles. The molecule has 0 unspecified atom stereocenters. The molecule has 2 N–H and O–H groups in total. The zero-order valence-corrected chi connectivity index (χ0v) is 15.4. The molecular formula is C17H27N5O4. The standard InChI is InChI=1S/C17H27N5O4/c1-3-21(4-2)17(25)22-9-7-20(8-10-22)13-15(23)19-16(24)18-12-14-6-5-11-26-14/h5-6,11H,3-4,7-10,12-13H2,1-2H3,(H2,18,19,23,24). The minimum absolute atomic E-state index is 0.0383. The summed E-state index contributed by atoms with van der Waals surface area (Å²) in [5.41, 5.74) is 0. The molecule has 2 rings (SSSR count). The molecule has 1 aromatic heterocycles. The van der Waals surface area contributed by atoms with E-state index in [1.807, 2.05) is 18.7 Å². The van der Waals surface area contributed by atoms with Crippen LogP contribution in [0.15, 0.2) is 22.8 Å². The van der Waals surface area contributed by atoms with Crippen LogP contribution in [0.3, 0.4) is 0 Å². The van der Waals surface area contributed by atoms with Gasteiger partial charge in [-0.3, -0.25) is 15.0 Å². The molecule has 9 heteroatoms. The maximum Gasteiger partial charge on any atom is 0.321 e. The van der Waals surface area contributed by atoms with Gasteiger partial charge in [0.25, 0.3) is 0 Å². The maximum absolute atomic E-state index is 12.3. The van der Waals surface area contributed by atoms with E-state index < -0.39 is 6.03 Å². The molecule has 0 radical (unpaired) electrons. The molecule has 26 heavy (non-hydrogen) atoms. The first-order chi connectivity index (χ1) is 12.5. The summed E-state index contributed by atoms with van der Waals surface area (Å²) in [5.74, 6) is 0.243. The van der Waals surface area contributed by atoms with Crippen molar-refractivity contribution in [2.24, 2.45) is 0 Å². The van der Waals surface area contributed by atoms with Crippen LogP contribution in [0.4, 0.5) is 9.59 Å². The number of carbonyl (C=O) groups excluding carboxylic acids is 3. The average Bonchev–Trinajstić information content (AvgIpc) is 3.15. The van der Waals surface area contributed by atoms with Crippen molar-refractivity contribution in [2.45, 2.75) is 20.4 Å². The van der Waals surface area contributed by atoms with Crippen molar-refractivity contribution in [2.75, 3.05) is 45.8 Å². The first-order valence-corrected chi connectivity index (χ1v) is 8.89. The number of urea groups is 2. The fourth-order valence-corrected chi connectivity index (χ4v) is 2.79. The van der Waals surface area contributed by atoms with Gasteiger partial charge in [-0.1, -0.05) is 0 Å². The van der Waals surface area contributed by atoms with Crippen molar-refractivity contribution >= 4 is 18.0 Å². The zero-order valence-electron chi connectivity index (χ0n) is 15.4. The van der Waals surface area contributed by atoms with Gasteiger partial charge in [-0.05, 0) is 26.0 Å². The van der Waals surface area contributed by atoms with Crippen LogP contribution >= 0.6 is 0 Å². The molecule has 2 heterocycles. The maximum atomic E-state index is 12.3. The third-order valence-electron chi connectivity index (χ3n) is 4.30. The number of furan rings is 1. The van der Waals surface area contributed by atoms with Crippen LogP contribution in [-0.4, -0.2) is 78.5 Å². The number of nitrogens with zero attached hydrogens (tertiary/aromatic N) is 3. The Morgan fingerprint density at radius 3 is 2.42 bits per heavy atom. The normalized spacial score (nSPS) is 14.8. The summed E-state index contributed by atoms with van der Waals surface area (Å²) >= 11 is 0. The molecular weight excluding hydrogens is 338 g/mol. The molecule has 0 spiro atoms. The Morgan fingerprint density at radius 2 is 1.85 bits per heavy atom. The lowest BCUT2D eigenvalue weighted by atomic mass is 10.3. The summed E-state index contributed by atoms with van der Waals surface area (Å²) in [5, 5.41) is 4.86. The van der Waals surface area contributed by atoms with Gasteiger partial charge in [0.15, 0.2) is 0 Å². The van der Waals surface area contributed by atoms with Crippen molar-refractivity contribution in [1.29, 1.82) is 0 Å². The second-order valence-electron chi connectivity index (χ2n) is 6.03. The monoisotopic (exact) mass is 365 g/mol. The van der Waals surface area contributed by atoms with E-state index >= 15 is 0 Å². The van der Waals surface area contributed by atoms with Crippen molar-refractivity contribution in [3.8, 4) is 0 Å².